The summed E-state index contributed by atoms with van der Waals surface area (Å²) in [6, 6.07) is 0. The molecule has 3 nitrogen and oxygen atoms in total. The van der Waals surface area contributed by atoms with E-state index in [2.05, 4.69) is 4.98 Å². The van der Waals surface area contributed by atoms with E-state index in [4.69, 9.17) is 5.11 Å². The average Bonchev–Trinajstić information content (AvgIpc) is 2.07. The summed E-state index contributed by atoms with van der Waals surface area (Å²) < 4.78 is 25.1. The molecular weight excluding hydrogens is 192 g/mol. The van der Waals surface area contributed by atoms with Gasteiger partial charge in [0.1, 0.15) is 0 Å². The molecule has 76 valence electrons. The smallest absolute Gasteiger partial charge is 0.338 e. The van der Waals surface area contributed by atoms with Crippen LogP contribution in [-0.4, -0.2) is 16.1 Å². The van der Waals surface area contributed by atoms with Crippen molar-refractivity contribution in [2.24, 2.45) is 0 Å². The number of alkyl halides is 2. The van der Waals surface area contributed by atoms with E-state index in [1.165, 1.54) is 20.0 Å². The standard InChI is InChI=1S/C9H9F2NO2/c1-4-3-12-5(2)7(9(13)14)6(4)8(10)11/h3,8H,1-2H3,(H,13,14). The summed E-state index contributed by atoms with van der Waals surface area (Å²) in [5.41, 5.74) is -0.522. The molecule has 1 N–H and O–H groups in total. The van der Waals surface area contributed by atoms with Gasteiger partial charge in [-0.3, -0.25) is 4.98 Å². The lowest BCUT2D eigenvalue weighted by molar-refractivity contribution is 0.0682. The maximum atomic E-state index is 12.5. The van der Waals surface area contributed by atoms with E-state index in [1.807, 2.05) is 0 Å². The number of halogens is 2. The van der Waals surface area contributed by atoms with Crippen molar-refractivity contribution in [2.75, 3.05) is 0 Å². The molecule has 0 fully saturated rings. The predicted molar refractivity (Wildman–Crippen MR) is 45.6 cm³/mol. The number of rotatable bonds is 2. The molecule has 0 radical (unpaired) electrons. The average molecular weight is 201 g/mol. The number of hydrogen-bond acceptors (Lipinski definition) is 2. The van der Waals surface area contributed by atoms with Crippen molar-refractivity contribution in [1.82, 2.24) is 4.98 Å². The molecule has 0 aromatic carbocycles. The molecule has 0 amide bonds. The molecule has 1 aromatic heterocycles. The summed E-state index contributed by atoms with van der Waals surface area (Å²) in [7, 11) is 0. The monoisotopic (exact) mass is 201 g/mol. The molecule has 0 spiro atoms. The van der Waals surface area contributed by atoms with Gasteiger partial charge >= 0.3 is 5.97 Å². The highest BCUT2D eigenvalue weighted by Crippen LogP contribution is 2.27. The summed E-state index contributed by atoms with van der Waals surface area (Å²) in [4.78, 5) is 14.5. The van der Waals surface area contributed by atoms with Crippen LogP contribution in [0, 0.1) is 13.8 Å². The molecule has 0 bridgehead atoms. The first-order valence-corrected chi connectivity index (χ1v) is 3.92. The highest BCUT2D eigenvalue weighted by atomic mass is 19.3. The minimum atomic E-state index is -2.79. The molecular formula is C9H9F2NO2. The molecule has 0 unspecified atom stereocenters. The number of aryl methyl sites for hydroxylation is 2. The van der Waals surface area contributed by atoms with Crippen molar-refractivity contribution in [2.45, 2.75) is 20.3 Å². The van der Waals surface area contributed by atoms with Crippen LogP contribution in [0.5, 0.6) is 0 Å². The Balaban J connectivity index is 3.50. The van der Waals surface area contributed by atoms with E-state index in [0.29, 0.717) is 0 Å². The van der Waals surface area contributed by atoms with Gasteiger partial charge in [0.15, 0.2) is 0 Å². The quantitative estimate of drug-likeness (QED) is 0.798. The van der Waals surface area contributed by atoms with Crippen LogP contribution in [0.2, 0.25) is 0 Å². The molecule has 0 aliphatic carbocycles. The number of pyridine rings is 1. The Labute approximate surface area is 79.4 Å². The van der Waals surface area contributed by atoms with Gasteiger partial charge in [-0.1, -0.05) is 0 Å². The van der Waals surface area contributed by atoms with Gasteiger partial charge < -0.3 is 5.11 Å². The summed E-state index contributed by atoms with van der Waals surface area (Å²) in [5, 5.41) is 8.75. The van der Waals surface area contributed by atoms with Crippen LogP contribution >= 0.6 is 0 Å². The van der Waals surface area contributed by atoms with Gasteiger partial charge in [-0.2, -0.15) is 0 Å². The summed E-state index contributed by atoms with van der Waals surface area (Å²) in [5.74, 6) is -1.37. The van der Waals surface area contributed by atoms with Gasteiger partial charge in [0, 0.05) is 11.8 Å². The van der Waals surface area contributed by atoms with Crippen molar-refractivity contribution in [1.29, 1.82) is 0 Å². The van der Waals surface area contributed by atoms with Crippen molar-refractivity contribution < 1.29 is 18.7 Å². The van der Waals surface area contributed by atoms with Gasteiger partial charge in [-0.05, 0) is 19.4 Å². The molecule has 1 rings (SSSR count). The molecule has 5 heteroatoms. The predicted octanol–water partition coefficient (Wildman–Crippen LogP) is 2.33. The number of carbonyl (C=O) groups is 1. The zero-order valence-corrected chi connectivity index (χ0v) is 7.71. The zero-order chi connectivity index (χ0) is 10.9. The minimum Gasteiger partial charge on any atom is -0.478 e. The third-order valence-corrected chi connectivity index (χ3v) is 1.94. The highest BCUT2D eigenvalue weighted by Gasteiger charge is 2.22. The van der Waals surface area contributed by atoms with Crippen LogP contribution in [0.4, 0.5) is 8.78 Å². The second-order valence-corrected chi connectivity index (χ2v) is 2.92. The molecule has 0 atom stereocenters. The summed E-state index contributed by atoms with van der Waals surface area (Å²) >= 11 is 0. The Morgan fingerprint density at radius 1 is 1.50 bits per heavy atom. The first-order valence-electron chi connectivity index (χ1n) is 3.92. The van der Waals surface area contributed by atoms with E-state index in [0.717, 1.165) is 0 Å². The van der Waals surface area contributed by atoms with E-state index in [1.54, 1.807) is 0 Å². The highest BCUT2D eigenvalue weighted by molar-refractivity contribution is 5.91. The second kappa shape index (κ2) is 3.69. The maximum Gasteiger partial charge on any atom is 0.338 e. The SMILES string of the molecule is Cc1cnc(C)c(C(=O)O)c1C(F)F. The molecule has 1 aromatic rings. The van der Waals surface area contributed by atoms with Crippen molar-refractivity contribution in [3.63, 3.8) is 0 Å². The molecule has 0 saturated carbocycles. The van der Waals surface area contributed by atoms with E-state index in [9.17, 15) is 13.6 Å². The minimum absolute atomic E-state index is 0.110. The van der Waals surface area contributed by atoms with E-state index >= 15 is 0 Å². The third kappa shape index (κ3) is 1.71. The lowest BCUT2D eigenvalue weighted by Gasteiger charge is -2.10. The first kappa shape index (κ1) is 10.6. The van der Waals surface area contributed by atoms with E-state index in [-0.39, 0.29) is 16.8 Å². The van der Waals surface area contributed by atoms with E-state index < -0.39 is 18.0 Å². The Bertz CT molecular complexity index is 377. The number of carboxylic acids is 1. The van der Waals surface area contributed by atoms with Crippen molar-refractivity contribution in [3.05, 3.63) is 28.6 Å². The van der Waals surface area contributed by atoms with Crippen LogP contribution < -0.4 is 0 Å². The lowest BCUT2D eigenvalue weighted by Crippen LogP contribution is -2.09. The first-order chi connectivity index (χ1) is 6.45. The number of hydrogen-bond donors (Lipinski definition) is 1. The Kier molecular flexibility index (Phi) is 2.78. The van der Waals surface area contributed by atoms with Crippen LogP contribution in [-0.2, 0) is 0 Å². The van der Waals surface area contributed by atoms with Gasteiger partial charge in [0.25, 0.3) is 6.43 Å². The van der Waals surface area contributed by atoms with Crippen LogP contribution in [0.25, 0.3) is 0 Å². The van der Waals surface area contributed by atoms with Crippen LogP contribution in [0.3, 0.4) is 0 Å². The molecule has 14 heavy (non-hydrogen) atoms. The fourth-order valence-corrected chi connectivity index (χ4v) is 1.27. The lowest BCUT2D eigenvalue weighted by atomic mass is 10.0. The molecule has 1 heterocycles. The summed E-state index contributed by atoms with van der Waals surface area (Å²) in [6.07, 6.45) is -1.54. The fraction of sp³-hybridized carbons (Fsp3) is 0.333. The normalized spacial score (nSPS) is 10.6. The maximum absolute atomic E-state index is 12.5. The fourth-order valence-electron chi connectivity index (χ4n) is 1.27. The van der Waals surface area contributed by atoms with Gasteiger partial charge in [0.05, 0.1) is 11.3 Å². The number of aromatic nitrogens is 1. The molecule has 0 aliphatic rings. The second-order valence-electron chi connectivity index (χ2n) is 2.92. The summed E-state index contributed by atoms with van der Waals surface area (Å²) in [6.45, 7) is 2.81. The number of carboxylic acid groups (broad SMARTS) is 1. The largest absolute Gasteiger partial charge is 0.478 e. The number of nitrogens with zero attached hydrogens (tertiary/aromatic N) is 1. The van der Waals surface area contributed by atoms with Gasteiger partial charge in [-0.15, -0.1) is 0 Å². The Hall–Kier alpha value is -1.52. The topological polar surface area (TPSA) is 50.2 Å². The zero-order valence-electron chi connectivity index (χ0n) is 7.71. The van der Waals surface area contributed by atoms with Crippen molar-refractivity contribution >= 4 is 5.97 Å². The number of aromatic carboxylic acids is 1. The molecule has 0 saturated heterocycles. The Morgan fingerprint density at radius 2 is 2.07 bits per heavy atom. The van der Waals surface area contributed by atoms with Gasteiger partial charge in [-0.25, -0.2) is 13.6 Å². The molecule has 0 aliphatic heterocycles. The van der Waals surface area contributed by atoms with Gasteiger partial charge in [0.2, 0.25) is 0 Å². The third-order valence-electron chi connectivity index (χ3n) is 1.94. The Morgan fingerprint density at radius 3 is 2.43 bits per heavy atom. The van der Waals surface area contributed by atoms with Crippen LogP contribution in [0.15, 0.2) is 6.20 Å². The van der Waals surface area contributed by atoms with Crippen LogP contribution in [0.1, 0.15) is 33.6 Å². The van der Waals surface area contributed by atoms with Crippen molar-refractivity contribution in [3.8, 4) is 0 Å².